The number of esters is 5. The Bertz CT molecular complexity index is 2060. The Kier molecular flexibility index (Phi) is 9.81. The van der Waals surface area contributed by atoms with Gasteiger partial charge in [0.05, 0.1) is 29.0 Å². The number of aryl methyl sites for hydroxylation is 1. The third-order valence-corrected chi connectivity index (χ3v) is 9.33. The summed E-state index contributed by atoms with van der Waals surface area (Å²) in [6.07, 6.45) is -6.27. The van der Waals surface area contributed by atoms with Crippen LogP contribution in [-0.4, -0.2) is 81.8 Å². The Labute approximate surface area is 296 Å². The van der Waals surface area contributed by atoms with Gasteiger partial charge in [0.1, 0.15) is 25.1 Å². The normalized spacial score (nSPS) is 24.5. The molecule has 16 nitrogen and oxygen atoms in total. The minimum absolute atomic E-state index is 0.0161. The number of aromatic nitrogens is 2. The van der Waals surface area contributed by atoms with Crippen LogP contribution in [0.2, 0.25) is 0 Å². The number of pyridine rings is 2. The molecule has 3 aliphatic rings. The molecule has 1 fully saturated rings. The SMILES string of the molecule is CCc1c2c(nc3ccc(O[C@@H]4O[C@H](COC(C)=O)[C@@H](OC(C)=O)[C@H](OC(C)=O)[C@H]4OC(C)=O)cc13)-c1cc3c(c(=O)n1C2)COC(=O)[C@]3(O)CC. The molecular formula is C36H38N2O14. The monoisotopic (exact) mass is 722 g/mol. The number of ether oxygens (including phenoxy) is 7. The van der Waals surface area contributed by atoms with E-state index in [0.29, 0.717) is 28.7 Å². The second kappa shape index (κ2) is 14.0. The van der Waals surface area contributed by atoms with E-state index >= 15 is 0 Å². The summed E-state index contributed by atoms with van der Waals surface area (Å²) in [4.78, 5) is 79.5. The molecule has 1 saturated heterocycles. The van der Waals surface area contributed by atoms with Gasteiger partial charge in [-0.25, -0.2) is 9.78 Å². The van der Waals surface area contributed by atoms with Gasteiger partial charge in [0.2, 0.25) is 12.4 Å². The van der Waals surface area contributed by atoms with Crippen molar-refractivity contribution in [1.82, 2.24) is 9.55 Å². The van der Waals surface area contributed by atoms with Crippen LogP contribution in [0.3, 0.4) is 0 Å². The van der Waals surface area contributed by atoms with Crippen LogP contribution in [0.25, 0.3) is 22.3 Å². The van der Waals surface area contributed by atoms with Crippen LogP contribution >= 0.6 is 0 Å². The standard InChI is InChI=1S/C36H38N2O14/c1-7-21-22-11-20(51-34-32(50-19(6)42)31(49-18(5)41)30(48-17(4)40)28(52-34)15-46-16(3)39)9-10-26(22)37-29-23(21)13-38-27(29)12-25-24(33(38)43)14-47-35(44)36(25,45)8-2/h9-12,28,30-32,34,45H,7-8,13-15H2,1-6H3/t28-,30-,31+,32-,34-,36+/m1/s1. The van der Waals surface area contributed by atoms with Crippen molar-refractivity contribution in [3.63, 3.8) is 0 Å². The summed E-state index contributed by atoms with van der Waals surface area (Å²) < 4.78 is 40.7. The molecule has 5 heterocycles. The highest BCUT2D eigenvalue weighted by Gasteiger charge is 2.53. The molecule has 0 spiro atoms. The summed E-state index contributed by atoms with van der Waals surface area (Å²) in [7, 11) is 0. The highest BCUT2D eigenvalue weighted by atomic mass is 16.7. The van der Waals surface area contributed by atoms with Gasteiger partial charge in [0.15, 0.2) is 17.8 Å². The molecule has 52 heavy (non-hydrogen) atoms. The molecule has 276 valence electrons. The zero-order valence-corrected chi connectivity index (χ0v) is 29.4. The molecular weight excluding hydrogens is 684 g/mol. The van der Waals surface area contributed by atoms with Crippen molar-refractivity contribution in [1.29, 1.82) is 0 Å². The Morgan fingerprint density at radius 2 is 1.60 bits per heavy atom. The average Bonchev–Trinajstić information content (AvgIpc) is 3.45. The van der Waals surface area contributed by atoms with Gasteiger partial charge in [-0.2, -0.15) is 0 Å². The lowest BCUT2D eigenvalue weighted by Gasteiger charge is -2.43. The van der Waals surface area contributed by atoms with E-state index in [1.54, 1.807) is 35.8 Å². The lowest BCUT2D eigenvalue weighted by molar-refractivity contribution is -0.288. The Balaban J connectivity index is 1.41. The van der Waals surface area contributed by atoms with Gasteiger partial charge in [-0.1, -0.05) is 13.8 Å². The lowest BCUT2D eigenvalue weighted by Crippen LogP contribution is -2.63. The van der Waals surface area contributed by atoms with E-state index < -0.39 is 72.8 Å². The molecule has 6 atom stereocenters. The van der Waals surface area contributed by atoms with Crippen LogP contribution < -0.4 is 10.3 Å². The predicted molar refractivity (Wildman–Crippen MR) is 176 cm³/mol. The van der Waals surface area contributed by atoms with Crippen LogP contribution in [0.1, 0.15) is 70.2 Å². The average molecular weight is 723 g/mol. The molecule has 1 aromatic carbocycles. The number of hydrogen-bond acceptors (Lipinski definition) is 15. The molecule has 2 aromatic heterocycles. The smallest absolute Gasteiger partial charge is 0.343 e. The Morgan fingerprint density at radius 1 is 0.923 bits per heavy atom. The highest BCUT2D eigenvalue weighted by molar-refractivity contribution is 5.90. The fourth-order valence-electron chi connectivity index (χ4n) is 7.04. The van der Waals surface area contributed by atoms with Gasteiger partial charge in [-0.15, -0.1) is 0 Å². The second-order valence-electron chi connectivity index (χ2n) is 12.7. The number of aliphatic hydroxyl groups is 1. The molecule has 6 rings (SSSR count). The van der Waals surface area contributed by atoms with Crippen molar-refractivity contribution in [3.05, 3.63) is 56.9 Å². The van der Waals surface area contributed by atoms with E-state index in [1.807, 2.05) is 6.92 Å². The lowest BCUT2D eigenvalue weighted by atomic mass is 9.86. The molecule has 0 aliphatic carbocycles. The highest BCUT2D eigenvalue weighted by Crippen LogP contribution is 2.41. The van der Waals surface area contributed by atoms with Gasteiger partial charge < -0.3 is 42.8 Å². The summed E-state index contributed by atoms with van der Waals surface area (Å²) in [5.41, 5.74) is 1.25. The van der Waals surface area contributed by atoms with Crippen molar-refractivity contribution in [2.45, 2.75) is 104 Å². The summed E-state index contributed by atoms with van der Waals surface area (Å²) in [5, 5.41) is 11.9. The minimum Gasteiger partial charge on any atom is -0.463 e. The number of nitrogens with zero attached hydrogens (tertiary/aromatic N) is 2. The quantitative estimate of drug-likeness (QED) is 0.194. The predicted octanol–water partition coefficient (Wildman–Crippen LogP) is 2.10. The Hall–Kier alpha value is -5.35. The van der Waals surface area contributed by atoms with Crippen LogP contribution in [0, 0.1) is 0 Å². The van der Waals surface area contributed by atoms with Crippen LogP contribution in [-0.2, 0) is 77.6 Å². The van der Waals surface area contributed by atoms with Gasteiger partial charge >= 0.3 is 29.8 Å². The summed E-state index contributed by atoms with van der Waals surface area (Å²) in [5.74, 6) is -3.53. The number of benzene rings is 1. The van der Waals surface area contributed by atoms with Crippen LogP contribution in [0.4, 0.5) is 0 Å². The van der Waals surface area contributed by atoms with Crippen molar-refractivity contribution < 1.29 is 62.2 Å². The molecule has 0 saturated carbocycles. The van der Waals surface area contributed by atoms with Gasteiger partial charge in [-0.05, 0) is 42.7 Å². The molecule has 16 heteroatoms. The van der Waals surface area contributed by atoms with Crippen molar-refractivity contribution in [3.8, 4) is 17.1 Å². The summed E-state index contributed by atoms with van der Waals surface area (Å²) in [6, 6.07) is 6.63. The summed E-state index contributed by atoms with van der Waals surface area (Å²) >= 11 is 0. The van der Waals surface area contributed by atoms with E-state index in [9.17, 15) is 33.9 Å². The van der Waals surface area contributed by atoms with Gasteiger partial charge in [-0.3, -0.25) is 24.0 Å². The number of rotatable bonds is 9. The van der Waals surface area contributed by atoms with E-state index in [1.165, 1.54) is 6.92 Å². The third kappa shape index (κ3) is 6.47. The molecule has 1 N–H and O–H groups in total. The molecule has 0 bridgehead atoms. The minimum atomic E-state index is -1.96. The van der Waals surface area contributed by atoms with Crippen LogP contribution in [0.5, 0.6) is 5.75 Å². The molecule has 3 aromatic rings. The van der Waals surface area contributed by atoms with E-state index in [2.05, 4.69) is 0 Å². The van der Waals surface area contributed by atoms with Crippen molar-refractivity contribution >= 4 is 40.7 Å². The van der Waals surface area contributed by atoms with Crippen molar-refractivity contribution in [2.75, 3.05) is 6.61 Å². The topological polar surface area (TPSA) is 205 Å². The molecule has 3 aliphatic heterocycles. The van der Waals surface area contributed by atoms with Gasteiger partial charge in [0.25, 0.3) is 5.56 Å². The van der Waals surface area contributed by atoms with Gasteiger partial charge in [0, 0.05) is 44.2 Å². The van der Waals surface area contributed by atoms with E-state index in [0.717, 1.165) is 31.9 Å². The van der Waals surface area contributed by atoms with Crippen molar-refractivity contribution in [2.24, 2.45) is 0 Å². The largest absolute Gasteiger partial charge is 0.463 e. The Morgan fingerprint density at radius 3 is 2.23 bits per heavy atom. The third-order valence-electron chi connectivity index (χ3n) is 9.33. The number of cyclic esters (lactones) is 1. The first-order valence-corrected chi connectivity index (χ1v) is 16.8. The maximum absolute atomic E-state index is 13.7. The maximum atomic E-state index is 13.7. The number of hydrogen-bond donors (Lipinski definition) is 1. The number of fused-ring (bicyclic) bond motifs is 5. The molecule has 0 amide bonds. The fraction of sp³-hybridized carbons (Fsp3) is 0.472. The zero-order chi connectivity index (χ0) is 37.6. The summed E-state index contributed by atoms with van der Waals surface area (Å²) in [6.45, 7) is 7.68. The van der Waals surface area contributed by atoms with E-state index in [4.69, 9.17) is 38.1 Å². The first kappa shape index (κ1) is 36.4. The number of carbonyl (C=O) groups is 5. The van der Waals surface area contributed by atoms with Crippen LogP contribution in [0.15, 0.2) is 29.1 Å². The first-order chi connectivity index (χ1) is 24.7. The zero-order valence-electron chi connectivity index (χ0n) is 29.4. The fourth-order valence-corrected chi connectivity index (χ4v) is 7.04. The molecule has 0 unspecified atom stereocenters. The van der Waals surface area contributed by atoms with E-state index in [-0.39, 0.29) is 42.0 Å². The second-order valence-corrected chi connectivity index (χ2v) is 12.7. The first-order valence-electron chi connectivity index (χ1n) is 16.8. The molecule has 0 radical (unpaired) electrons. The number of carbonyl (C=O) groups excluding carboxylic acids is 5. The maximum Gasteiger partial charge on any atom is 0.343 e.